The van der Waals surface area contributed by atoms with Crippen LogP contribution in [0.4, 0.5) is 0 Å². The Morgan fingerprint density at radius 2 is 2.08 bits per heavy atom. The normalized spacial score (nSPS) is 31.9. The second-order valence-corrected chi connectivity index (χ2v) is 9.36. The number of nitrogens with zero attached hydrogens (tertiary/aromatic N) is 2. The van der Waals surface area contributed by atoms with E-state index in [9.17, 15) is 0 Å². The lowest BCUT2D eigenvalue weighted by Gasteiger charge is -2.46. The van der Waals surface area contributed by atoms with Gasteiger partial charge in [-0.2, -0.15) is 0 Å². The van der Waals surface area contributed by atoms with Crippen LogP contribution in [0, 0.1) is 0 Å². The summed E-state index contributed by atoms with van der Waals surface area (Å²) in [7, 11) is 0. The summed E-state index contributed by atoms with van der Waals surface area (Å²) in [5.41, 5.74) is 2.30. The van der Waals surface area contributed by atoms with Crippen LogP contribution in [0.15, 0.2) is 18.5 Å². The van der Waals surface area contributed by atoms with E-state index in [-0.39, 0.29) is 11.6 Å². The number of fused-ring (bicyclic) bond motifs is 2. The summed E-state index contributed by atoms with van der Waals surface area (Å²) >= 11 is 8.01. The van der Waals surface area contributed by atoms with Crippen LogP contribution in [0.25, 0.3) is 0 Å². The number of thiophene rings is 1. The summed E-state index contributed by atoms with van der Waals surface area (Å²) in [6.45, 7) is 3.01. The van der Waals surface area contributed by atoms with Crippen molar-refractivity contribution in [3.05, 3.63) is 44.6 Å². The molecule has 4 heterocycles. The lowest BCUT2D eigenvalue weighted by molar-refractivity contribution is -0.0954. The van der Waals surface area contributed by atoms with Gasteiger partial charge in [-0.1, -0.05) is 11.6 Å². The average molecular weight is 376 g/mol. The monoisotopic (exact) mass is 375 g/mol. The van der Waals surface area contributed by atoms with Crippen LogP contribution in [0.1, 0.15) is 66.4 Å². The first-order valence-electron chi connectivity index (χ1n) is 9.13. The largest absolute Gasteiger partial charge is 0.369 e. The maximum absolute atomic E-state index is 6.41. The summed E-state index contributed by atoms with van der Waals surface area (Å²) in [6, 6.07) is 2.71. The predicted molar refractivity (Wildman–Crippen MR) is 99.2 cm³/mol. The summed E-state index contributed by atoms with van der Waals surface area (Å²) in [4.78, 5) is 10.6. The lowest BCUT2D eigenvalue weighted by Crippen LogP contribution is -2.49. The van der Waals surface area contributed by atoms with Crippen LogP contribution >= 0.6 is 22.9 Å². The van der Waals surface area contributed by atoms with Crippen LogP contribution in [0.5, 0.6) is 0 Å². The molecule has 0 unspecified atom stereocenters. The van der Waals surface area contributed by atoms with E-state index >= 15 is 0 Å². The molecule has 6 heteroatoms. The van der Waals surface area contributed by atoms with Crippen molar-refractivity contribution < 1.29 is 4.74 Å². The first kappa shape index (κ1) is 16.2. The minimum atomic E-state index is -0.226. The second-order valence-electron chi connectivity index (χ2n) is 7.68. The Morgan fingerprint density at radius 1 is 1.28 bits per heavy atom. The molecular weight excluding hydrogens is 354 g/mol. The first-order valence-corrected chi connectivity index (χ1v) is 10.3. The Labute approximate surface area is 157 Å². The molecule has 2 aliphatic heterocycles. The molecule has 1 saturated heterocycles. The van der Waals surface area contributed by atoms with Crippen LogP contribution in [0.3, 0.4) is 0 Å². The Bertz CT molecular complexity index is 788. The number of ether oxygens (including phenoxy) is 1. The molecule has 0 bridgehead atoms. The van der Waals surface area contributed by atoms with Crippen molar-refractivity contribution in [2.75, 3.05) is 6.61 Å². The van der Waals surface area contributed by atoms with E-state index in [1.165, 1.54) is 23.3 Å². The number of aromatic nitrogens is 2. The van der Waals surface area contributed by atoms with Gasteiger partial charge < -0.3 is 10.1 Å². The van der Waals surface area contributed by atoms with E-state index in [1.807, 2.05) is 12.4 Å². The molecule has 1 N–H and O–H groups in total. The molecule has 2 aromatic rings. The highest BCUT2D eigenvalue weighted by Crippen LogP contribution is 2.50. The Kier molecular flexibility index (Phi) is 3.89. The third-order valence-electron chi connectivity index (χ3n) is 5.63. The van der Waals surface area contributed by atoms with Gasteiger partial charge in [0.2, 0.25) is 0 Å². The smallest absolute Gasteiger partial charge is 0.131 e. The molecule has 132 valence electrons. The van der Waals surface area contributed by atoms with Gasteiger partial charge in [-0.05, 0) is 44.2 Å². The molecule has 2 aromatic heterocycles. The number of piperidine rings is 1. The van der Waals surface area contributed by atoms with Crippen molar-refractivity contribution >= 4 is 22.9 Å². The summed E-state index contributed by atoms with van der Waals surface area (Å²) in [5, 5.41) is 3.72. The zero-order valence-corrected chi connectivity index (χ0v) is 15.9. The number of rotatable bonds is 2. The van der Waals surface area contributed by atoms with Gasteiger partial charge >= 0.3 is 0 Å². The van der Waals surface area contributed by atoms with Crippen molar-refractivity contribution in [3.63, 3.8) is 0 Å². The van der Waals surface area contributed by atoms with Crippen molar-refractivity contribution in [2.45, 2.75) is 62.6 Å². The fourth-order valence-electron chi connectivity index (χ4n) is 4.35. The average Bonchev–Trinajstić information content (AvgIpc) is 3.37. The van der Waals surface area contributed by atoms with Crippen molar-refractivity contribution in [1.82, 2.24) is 15.3 Å². The van der Waals surface area contributed by atoms with E-state index in [0.717, 1.165) is 41.6 Å². The van der Waals surface area contributed by atoms with Crippen LogP contribution in [-0.4, -0.2) is 22.6 Å². The molecule has 0 aromatic carbocycles. The predicted octanol–water partition coefficient (Wildman–Crippen LogP) is 4.35. The minimum Gasteiger partial charge on any atom is -0.369 e. The minimum absolute atomic E-state index is 0.212. The fraction of sp³-hybridized carbons (Fsp3) is 0.579. The summed E-state index contributed by atoms with van der Waals surface area (Å²) in [6.07, 6.45) is 9.34. The number of hydrogen-bond acceptors (Lipinski definition) is 5. The number of halogens is 1. The SMILES string of the molecule is C[C@H]1C[C@@]2(C[C@@H](c3cnc(C4CC4)nc3)N1)OCCc1cc(Cl)sc12. The quantitative estimate of drug-likeness (QED) is 0.847. The zero-order chi connectivity index (χ0) is 17.0. The number of nitrogens with one attached hydrogen (secondary N) is 1. The molecule has 4 nitrogen and oxygen atoms in total. The highest BCUT2D eigenvalue weighted by molar-refractivity contribution is 7.16. The highest BCUT2D eigenvalue weighted by Gasteiger charge is 2.46. The highest BCUT2D eigenvalue weighted by atomic mass is 35.5. The molecular formula is C19H22ClN3OS. The summed E-state index contributed by atoms with van der Waals surface area (Å²) in [5.74, 6) is 1.60. The Balaban J connectivity index is 1.47. The molecule has 1 aliphatic carbocycles. The van der Waals surface area contributed by atoms with Crippen LogP contribution in [0.2, 0.25) is 4.34 Å². The Hall–Kier alpha value is -1.01. The molecule has 1 saturated carbocycles. The van der Waals surface area contributed by atoms with E-state index in [0.29, 0.717) is 12.0 Å². The topological polar surface area (TPSA) is 47.0 Å². The summed E-state index contributed by atoms with van der Waals surface area (Å²) < 4.78 is 7.28. The molecule has 2 fully saturated rings. The standard InChI is InChI=1S/C19H22ClN3OS/c1-11-7-19(17-13(4-5-24-19)6-16(20)25-17)8-15(23-11)14-9-21-18(22-10-14)12-2-3-12/h6,9-12,15,23H,2-5,7-8H2,1H3/t11-,15-,19-/m0/s1. The van der Waals surface area contributed by atoms with Crippen molar-refractivity contribution in [2.24, 2.45) is 0 Å². The van der Waals surface area contributed by atoms with Gasteiger partial charge in [0.25, 0.3) is 0 Å². The van der Waals surface area contributed by atoms with Gasteiger partial charge in [-0.25, -0.2) is 9.97 Å². The fourth-order valence-corrected chi connectivity index (χ4v) is 5.82. The molecule has 0 amide bonds. The van der Waals surface area contributed by atoms with Crippen molar-refractivity contribution in [3.8, 4) is 0 Å². The van der Waals surface area contributed by atoms with Gasteiger partial charge in [-0.3, -0.25) is 0 Å². The van der Waals surface area contributed by atoms with Crippen molar-refractivity contribution in [1.29, 1.82) is 0 Å². The maximum atomic E-state index is 6.41. The third-order valence-corrected chi connectivity index (χ3v) is 7.13. The first-order chi connectivity index (χ1) is 12.1. The van der Waals surface area contributed by atoms with Gasteiger partial charge in [0.1, 0.15) is 11.4 Å². The van der Waals surface area contributed by atoms with Gasteiger partial charge in [0.15, 0.2) is 0 Å². The molecule has 3 atom stereocenters. The van der Waals surface area contributed by atoms with E-state index in [1.54, 1.807) is 11.3 Å². The van der Waals surface area contributed by atoms with Gasteiger partial charge in [0.05, 0.1) is 10.9 Å². The zero-order valence-electron chi connectivity index (χ0n) is 14.3. The molecule has 0 radical (unpaired) electrons. The molecule has 5 rings (SSSR count). The third kappa shape index (κ3) is 2.91. The molecule has 1 spiro atoms. The van der Waals surface area contributed by atoms with Crippen LogP contribution < -0.4 is 5.32 Å². The van der Waals surface area contributed by atoms with E-state index in [2.05, 4.69) is 28.3 Å². The maximum Gasteiger partial charge on any atom is 0.131 e. The lowest BCUT2D eigenvalue weighted by atomic mass is 9.78. The van der Waals surface area contributed by atoms with E-state index < -0.39 is 0 Å². The molecule has 25 heavy (non-hydrogen) atoms. The molecule has 3 aliphatic rings. The van der Waals surface area contributed by atoms with E-state index in [4.69, 9.17) is 16.3 Å². The second kappa shape index (κ2) is 6.02. The number of hydrogen-bond donors (Lipinski definition) is 1. The van der Waals surface area contributed by atoms with Gasteiger partial charge in [0, 0.05) is 47.3 Å². The van der Waals surface area contributed by atoms with Gasteiger partial charge in [-0.15, -0.1) is 11.3 Å². The van der Waals surface area contributed by atoms with Crippen LogP contribution in [-0.2, 0) is 16.8 Å². The Morgan fingerprint density at radius 3 is 2.84 bits per heavy atom.